The van der Waals surface area contributed by atoms with Crippen molar-refractivity contribution in [3.05, 3.63) is 47.0 Å². The number of anilines is 2. The fourth-order valence-electron chi connectivity index (χ4n) is 4.25. The van der Waals surface area contributed by atoms with E-state index in [1.165, 1.54) is 0 Å². The number of hydrogen-bond donors (Lipinski definition) is 2. The first kappa shape index (κ1) is 23.7. The maximum absolute atomic E-state index is 12.0. The van der Waals surface area contributed by atoms with Crippen molar-refractivity contribution in [1.29, 1.82) is 0 Å². The molecule has 0 aliphatic carbocycles. The molecule has 2 saturated heterocycles. The van der Waals surface area contributed by atoms with E-state index in [1.807, 2.05) is 17.5 Å². The predicted octanol–water partition coefficient (Wildman–Crippen LogP) is 3.76. The van der Waals surface area contributed by atoms with Crippen molar-refractivity contribution in [1.82, 2.24) is 9.88 Å². The molecule has 0 unspecified atom stereocenters. The van der Waals surface area contributed by atoms with Crippen molar-refractivity contribution in [3.63, 3.8) is 0 Å². The van der Waals surface area contributed by atoms with Crippen molar-refractivity contribution in [2.24, 2.45) is 0 Å². The van der Waals surface area contributed by atoms with Gasteiger partial charge < -0.3 is 24.8 Å². The summed E-state index contributed by atoms with van der Waals surface area (Å²) in [5, 5.41) is 15.9. The van der Waals surface area contributed by atoms with Crippen LogP contribution in [0.1, 0.15) is 41.9 Å². The first-order valence-corrected chi connectivity index (χ1v) is 12.0. The van der Waals surface area contributed by atoms with Crippen LogP contribution in [0, 0.1) is 0 Å². The number of nitrogens with zero attached hydrogens (tertiary/aromatic N) is 3. The Labute approximate surface area is 198 Å². The molecule has 2 aromatic rings. The van der Waals surface area contributed by atoms with E-state index in [2.05, 4.69) is 35.5 Å². The second-order valence-corrected chi connectivity index (χ2v) is 10.0. The van der Waals surface area contributed by atoms with E-state index in [4.69, 9.17) is 14.5 Å². The summed E-state index contributed by atoms with van der Waals surface area (Å²) >= 11 is 1.56. The van der Waals surface area contributed by atoms with Crippen LogP contribution < -0.4 is 10.2 Å². The lowest BCUT2D eigenvalue weighted by Gasteiger charge is -2.42. The third kappa shape index (κ3) is 5.38. The molecule has 2 N–H and O–H groups in total. The molecule has 1 atom stereocenters. The number of carboxylic acids is 1. The number of methoxy groups -OCH3 is 1. The SMILES string of the molecule is C=C(Nc1ccc(CN2CCOCC2(C)C)cc1C(=O)O)c1csc(N2CC[C@H](OC)C2)n1. The highest BCUT2D eigenvalue weighted by Gasteiger charge is 2.30. The minimum atomic E-state index is -0.977. The van der Waals surface area contributed by atoms with Gasteiger partial charge in [0.25, 0.3) is 0 Å². The zero-order chi connectivity index (χ0) is 23.6. The molecule has 1 aromatic heterocycles. The van der Waals surface area contributed by atoms with Crippen LogP contribution in [0.5, 0.6) is 0 Å². The molecule has 0 radical (unpaired) electrons. The number of rotatable bonds is 8. The Kier molecular flexibility index (Phi) is 7.04. The predicted molar refractivity (Wildman–Crippen MR) is 131 cm³/mol. The molecule has 2 aliphatic rings. The van der Waals surface area contributed by atoms with Crippen LogP contribution in [0.3, 0.4) is 0 Å². The van der Waals surface area contributed by atoms with Gasteiger partial charge in [-0.2, -0.15) is 0 Å². The van der Waals surface area contributed by atoms with Crippen LogP contribution in [0.25, 0.3) is 5.70 Å². The van der Waals surface area contributed by atoms with Gasteiger partial charge in [0.2, 0.25) is 0 Å². The van der Waals surface area contributed by atoms with Gasteiger partial charge in [-0.1, -0.05) is 12.6 Å². The summed E-state index contributed by atoms with van der Waals surface area (Å²) in [5.74, 6) is -0.977. The van der Waals surface area contributed by atoms with Gasteiger partial charge in [-0.15, -0.1) is 11.3 Å². The van der Waals surface area contributed by atoms with Gasteiger partial charge >= 0.3 is 5.97 Å². The molecular weight excluding hydrogens is 440 g/mol. The summed E-state index contributed by atoms with van der Waals surface area (Å²) in [6.45, 7) is 13.0. The number of benzene rings is 1. The van der Waals surface area contributed by atoms with Gasteiger partial charge in [0, 0.05) is 44.2 Å². The van der Waals surface area contributed by atoms with Gasteiger partial charge in [-0.05, 0) is 38.0 Å². The van der Waals surface area contributed by atoms with Crippen molar-refractivity contribution >= 4 is 33.8 Å². The molecule has 9 heteroatoms. The normalized spacial score (nSPS) is 20.7. The molecule has 3 heterocycles. The molecule has 8 nitrogen and oxygen atoms in total. The van der Waals surface area contributed by atoms with Crippen molar-refractivity contribution < 1.29 is 19.4 Å². The lowest BCUT2D eigenvalue weighted by atomic mass is 10.0. The zero-order valence-electron chi connectivity index (χ0n) is 19.5. The van der Waals surface area contributed by atoms with Crippen molar-refractivity contribution in [2.75, 3.05) is 50.2 Å². The van der Waals surface area contributed by atoms with E-state index in [0.717, 1.165) is 36.8 Å². The minimum absolute atomic E-state index is 0.0895. The van der Waals surface area contributed by atoms with Crippen LogP contribution >= 0.6 is 11.3 Å². The lowest BCUT2D eigenvalue weighted by molar-refractivity contribution is -0.0552. The molecule has 0 bridgehead atoms. The van der Waals surface area contributed by atoms with E-state index in [9.17, 15) is 9.90 Å². The smallest absolute Gasteiger partial charge is 0.337 e. The number of morpholine rings is 1. The summed E-state index contributed by atoms with van der Waals surface area (Å²) in [6.07, 6.45) is 1.22. The van der Waals surface area contributed by atoms with E-state index >= 15 is 0 Å². The maximum Gasteiger partial charge on any atom is 0.337 e. The number of carbonyl (C=O) groups is 1. The van der Waals surface area contributed by atoms with Crippen molar-refractivity contribution in [3.8, 4) is 0 Å². The Bertz CT molecular complexity index is 1020. The van der Waals surface area contributed by atoms with Crippen LogP contribution in [0.4, 0.5) is 10.8 Å². The zero-order valence-corrected chi connectivity index (χ0v) is 20.3. The largest absolute Gasteiger partial charge is 0.478 e. The molecule has 0 saturated carbocycles. The highest BCUT2D eigenvalue weighted by molar-refractivity contribution is 7.13. The fourth-order valence-corrected chi connectivity index (χ4v) is 5.13. The summed E-state index contributed by atoms with van der Waals surface area (Å²) in [5.41, 5.74) is 2.88. The molecule has 33 heavy (non-hydrogen) atoms. The molecule has 178 valence electrons. The van der Waals surface area contributed by atoms with Crippen LogP contribution in [-0.4, -0.2) is 72.6 Å². The molecule has 1 aromatic carbocycles. The maximum atomic E-state index is 12.0. The second-order valence-electron chi connectivity index (χ2n) is 9.18. The standard InChI is InChI=1S/C24H32N4O4S/c1-16(21-14-33-23(26-21)27-8-7-18(13-27)31-4)25-20-6-5-17(11-19(20)22(29)30)12-28-9-10-32-15-24(28,2)3/h5-6,11,14,18,25H,1,7-10,12-13,15H2,2-4H3,(H,29,30)/t18-/m0/s1. The summed E-state index contributed by atoms with van der Waals surface area (Å²) in [7, 11) is 1.74. The number of aromatic carboxylic acids is 1. The van der Waals surface area contributed by atoms with E-state index in [1.54, 1.807) is 24.5 Å². The number of aromatic nitrogens is 1. The summed E-state index contributed by atoms with van der Waals surface area (Å²) in [4.78, 5) is 21.3. The Morgan fingerprint density at radius 1 is 1.42 bits per heavy atom. The quantitative estimate of drug-likeness (QED) is 0.601. The average Bonchev–Trinajstić information content (AvgIpc) is 3.45. The molecular formula is C24H32N4O4S. The third-order valence-corrected chi connectivity index (χ3v) is 7.24. The number of ether oxygens (including phenoxy) is 2. The van der Waals surface area contributed by atoms with Crippen molar-refractivity contribution in [2.45, 2.75) is 38.5 Å². The van der Waals surface area contributed by atoms with Gasteiger partial charge in [0.1, 0.15) is 0 Å². The van der Waals surface area contributed by atoms with Gasteiger partial charge in [0.05, 0.1) is 42.0 Å². The second kappa shape index (κ2) is 9.80. The number of nitrogens with one attached hydrogen (secondary N) is 1. The molecule has 2 aliphatic heterocycles. The Morgan fingerprint density at radius 2 is 2.24 bits per heavy atom. The molecule has 0 amide bonds. The third-order valence-electron chi connectivity index (χ3n) is 6.34. The van der Waals surface area contributed by atoms with Gasteiger partial charge in [-0.25, -0.2) is 9.78 Å². The Balaban J connectivity index is 1.46. The average molecular weight is 473 g/mol. The van der Waals surface area contributed by atoms with Gasteiger partial charge in [-0.3, -0.25) is 4.90 Å². The summed E-state index contributed by atoms with van der Waals surface area (Å²) in [6, 6.07) is 5.52. The Morgan fingerprint density at radius 3 is 2.94 bits per heavy atom. The highest BCUT2D eigenvalue weighted by atomic mass is 32.1. The molecule has 0 spiro atoms. The number of thiazole rings is 1. The first-order chi connectivity index (χ1) is 15.8. The van der Waals surface area contributed by atoms with E-state index < -0.39 is 5.97 Å². The van der Waals surface area contributed by atoms with E-state index in [0.29, 0.717) is 36.8 Å². The van der Waals surface area contributed by atoms with Crippen LogP contribution in [-0.2, 0) is 16.0 Å². The fraction of sp³-hybridized carbons (Fsp3) is 0.500. The number of carboxylic acid groups (broad SMARTS) is 1. The topological polar surface area (TPSA) is 87.2 Å². The lowest BCUT2D eigenvalue weighted by Crippen LogP contribution is -2.52. The van der Waals surface area contributed by atoms with Crippen LogP contribution in [0.15, 0.2) is 30.2 Å². The minimum Gasteiger partial charge on any atom is -0.478 e. The molecule has 2 fully saturated rings. The monoisotopic (exact) mass is 472 g/mol. The first-order valence-electron chi connectivity index (χ1n) is 11.2. The highest BCUT2D eigenvalue weighted by Crippen LogP contribution is 2.30. The summed E-state index contributed by atoms with van der Waals surface area (Å²) < 4.78 is 11.0. The van der Waals surface area contributed by atoms with Crippen LogP contribution in [0.2, 0.25) is 0 Å². The number of hydrogen-bond acceptors (Lipinski definition) is 8. The molecule has 4 rings (SSSR count). The van der Waals surface area contributed by atoms with Gasteiger partial charge in [0.15, 0.2) is 5.13 Å². The Hall–Kier alpha value is -2.46. The van der Waals surface area contributed by atoms with E-state index in [-0.39, 0.29) is 17.2 Å².